The van der Waals surface area contributed by atoms with Crippen molar-refractivity contribution < 1.29 is 23.8 Å². The lowest BCUT2D eigenvalue weighted by Crippen LogP contribution is -2.27. The van der Waals surface area contributed by atoms with Crippen LogP contribution in [0.4, 0.5) is 0 Å². The number of hydrogen-bond acceptors (Lipinski definition) is 8. The Hall–Kier alpha value is -2.31. The molecule has 26 heavy (non-hydrogen) atoms. The molecule has 0 aromatic carbocycles. The molecule has 0 aliphatic carbocycles. The van der Waals surface area contributed by atoms with Gasteiger partial charge in [-0.2, -0.15) is 5.26 Å². The number of carbonyl (C=O) groups is 2. The average Bonchev–Trinajstić information content (AvgIpc) is 3.00. The van der Waals surface area contributed by atoms with Crippen LogP contribution in [0.25, 0.3) is 0 Å². The van der Waals surface area contributed by atoms with E-state index in [1.807, 2.05) is 6.07 Å². The van der Waals surface area contributed by atoms with E-state index in [2.05, 4.69) is 15.9 Å². The van der Waals surface area contributed by atoms with Crippen LogP contribution in [0.15, 0.2) is 38.7 Å². The van der Waals surface area contributed by atoms with Gasteiger partial charge in [-0.3, -0.25) is 4.79 Å². The minimum Gasteiger partial charge on any atom is -0.466 e. The molecule has 9 heteroatoms. The predicted octanol–water partition coefficient (Wildman–Crippen LogP) is 3.09. The second kappa shape index (κ2) is 8.87. The number of esters is 2. The maximum atomic E-state index is 12.6. The van der Waals surface area contributed by atoms with Crippen LogP contribution < -0.4 is 5.73 Å². The SMILES string of the molecule is CCOC(=O)CC1=C(C(=O)OCC)[C@H](c2ccc(Br)s2)C(C#N)=C(N)O1. The number of ether oxygens (including phenoxy) is 3. The Morgan fingerprint density at radius 2 is 2.04 bits per heavy atom. The van der Waals surface area contributed by atoms with Crippen molar-refractivity contribution in [2.45, 2.75) is 26.2 Å². The smallest absolute Gasteiger partial charge is 0.338 e. The number of nitrogens with zero attached hydrogens (tertiary/aromatic N) is 1. The van der Waals surface area contributed by atoms with Crippen molar-refractivity contribution >= 4 is 39.2 Å². The van der Waals surface area contributed by atoms with Crippen LogP contribution in [-0.4, -0.2) is 25.2 Å². The van der Waals surface area contributed by atoms with Crippen molar-refractivity contribution in [1.82, 2.24) is 0 Å². The average molecular weight is 441 g/mol. The molecule has 1 aromatic heterocycles. The highest BCUT2D eigenvalue weighted by Gasteiger charge is 2.39. The van der Waals surface area contributed by atoms with Gasteiger partial charge in [-0.1, -0.05) is 0 Å². The fourth-order valence-electron chi connectivity index (χ4n) is 2.49. The largest absolute Gasteiger partial charge is 0.466 e. The first kappa shape index (κ1) is 20.0. The Kier molecular flexibility index (Phi) is 6.83. The summed E-state index contributed by atoms with van der Waals surface area (Å²) in [6.45, 7) is 3.67. The molecule has 0 amide bonds. The fourth-order valence-corrected chi connectivity index (χ4v) is 4.04. The molecule has 1 aromatic rings. The van der Waals surface area contributed by atoms with Crippen LogP contribution in [0.3, 0.4) is 0 Å². The number of allylic oxidation sites excluding steroid dienone is 1. The Morgan fingerprint density at radius 3 is 2.58 bits per heavy atom. The van der Waals surface area contributed by atoms with Gasteiger partial charge in [0.2, 0.25) is 5.88 Å². The summed E-state index contributed by atoms with van der Waals surface area (Å²) in [5.74, 6) is -2.11. The van der Waals surface area contributed by atoms with E-state index < -0.39 is 17.9 Å². The van der Waals surface area contributed by atoms with Crippen LogP contribution in [0, 0.1) is 11.3 Å². The number of hydrogen-bond donors (Lipinski definition) is 1. The number of halogens is 1. The van der Waals surface area contributed by atoms with Crippen molar-refractivity contribution in [2.24, 2.45) is 5.73 Å². The predicted molar refractivity (Wildman–Crippen MR) is 97.6 cm³/mol. The van der Waals surface area contributed by atoms with Gasteiger partial charge in [-0.15, -0.1) is 11.3 Å². The number of rotatable bonds is 6. The zero-order valence-corrected chi connectivity index (χ0v) is 16.6. The Labute approximate surface area is 163 Å². The second-order valence-corrected chi connectivity index (χ2v) is 7.60. The van der Waals surface area contributed by atoms with Crippen LogP contribution >= 0.6 is 27.3 Å². The highest BCUT2D eigenvalue weighted by atomic mass is 79.9. The molecule has 0 spiro atoms. The number of carbonyl (C=O) groups excluding carboxylic acids is 2. The summed E-state index contributed by atoms with van der Waals surface area (Å²) in [7, 11) is 0. The van der Waals surface area contributed by atoms with Crippen LogP contribution in [0.1, 0.15) is 31.1 Å². The summed E-state index contributed by atoms with van der Waals surface area (Å²) in [6, 6.07) is 5.57. The molecular formula is C17H17BrN2O5S. The molecule has 1 aliphatic rings. The number of nitriles is 1. The maximum absolute atomic E-state index is 12.6. The van der Waals surface area contributed by atoms with Gasteiger partial charge in [0.1, 0.15) is 23.8 Å². The summed E-state index contributed by atoms with van der Waals surface area (Å²) >= 11 is 4.72. The zero-order valence-electron chi connectivity index (χ0n) is 14.2. The highest BCUT2D eigenvalue weighted by Crippen LogP contribution is 2.43. The summed E-state index contributed by atoms with van der Waals surface area (Å²) < 4.78 is 16.3. The molecule has 0 fully saturated rings. The number of nitrogens with two attached hydrogens (primary N) is 1. The van der Waals surface area contributed by atoms with Crippen LogP contribution in [0.5, 0.6) is 0 Å². The van der Waals surface area contributed by atoms with Gasteiger partial charge in [-0.25, -0.2) is 4.79 Å². The van der Waals surface area contributed by atoms with E-state index in [-0.39, 0.29) is 42.4 Å². The normalized spacial score (nSPS) is 16.8. The van der Waals surface area contributed by atoms with Crippen molar-refractivity contribution in [2.75, 3.05) is 13.2 Å². The molecule has 2 rings (SSSR count). The molecule has 1 atom stereocenters. The molecule has 2 N–H and O–H groups in total. The van der Waals surface area contributed by atoms with Crippen molar-refractivity contribution in [3.63, 3.8) is 0 Å². The molecule has 138 valence electrons. The first-order valence-corrected chi connectivity index (χ1v) is 9.42. The van der Waals surface area contributed by atoms with E-state index in [9.17, 15) is 14.9 Å². The summed E-state index contributed by atoms with van der Waals surface area (Å²) in [6.07, 6.45) is -0.287. The summed E-state index contributed by atoms with van der Waals surface area (Å²) in [4.78, 5) is 25.2. The maximum Gasteiger partial charge on any atom is 0.338 e. The first-order chi connectivity index (χ1) is 12.4. The standard InChI is InChI=1S/C17H17BrN2O5S/c1-3-23-13(21)7-10-15(17(22)24-4-2)14(9(8-19)16(20)25-10)11-5-6-12(18)26-11/h5-6,14H,3-4,7,20H2,1-2H3/t14-/m0/s1. The van der Waals surface area contributed by atoms with E-state index in [4.69, 9.17) is 19.9 Å². The van der Waals surface area contributed by atoms with Crippen molar-refractivity contribution in [1.29, 1.82) is 5.26 Å². The third-order valence-electron chi connectivity index (χ3n) is 3.48. The first-order valence-electron chi connectivity index (χ1n) is 7.81. The summed E-state index contributed by atoms with van der Waals surface area (Å²) in [5, 5.41) is 9.54. The van der Waals surface area contributed by atoms with E-state index in [0.29, 0.717) is 4.88 Å². The van der Waals surface area contributed by atoms with Gasteiger partial charge in [0.15, 0.2) is 0 Å². The van der Waals surface area contributed by atoms with Gasteiger partial charge in [-0.05, 0) is 41.9 Å². The molecule has 1 aliphatic heterocycles. The van der Waals surface area contributed by atoms with Gasteiger partial charge < -0.3 is 19.9 Å². The lowest BCUT2D eigenvalue weighted by Gasteiger charge is -2.27. The van der Waals surface area contributed by atoms with Gasteiger partial charge >= 0.3 is 11.9 Å². The molecule has 0 bridgehead atoms. The van der Waals surface area contributed by atoms with Gasteiger partial charge in [0.05, 0.1) is 28.5 Å². The molecule has 7 nitrogen and oxygen atoms in total. The number of thiophene rings is 1. The van der Waals surface area contributed by atoms with Gasteiger partial charge in [0.25, 0.3) is 0 Å². The van der Waals surface area contributed by atoms with Crippen LogP contribution in [-0.2, 0) is 23.8 Å². The monoisotopic (exact) mass is 440 g/mol. The van der Waals surface area contributed by atoms with Crippen LogP contribution in [0.2, 0.25) is 0 Å². The third kappa shape index (κ3) is 4.26. The zero-order chi connectivity index (χ0) is 19.3. The van der Waals surface area contributed by atoms with E-state index in [1.165, 1.54) is 11.3 Å². The molecule has 0 radical (unpaired) electrons. The van der Waals surface area contributed by atoms with E-state index in [0.717, 1.165) is 3.79 Å². The molecule has 2 heterocycles. The minimum atomic E-state index is -0.770. The topological polar surface area (TPSA) is 112 Å². The Balaban J connectivity index is 2.59. The minimum absolute atomic E-state index is 0.0351. The lowest BCUT2D eigenvalue weighted by atomic mass is 9.87. The molecule has 0 saturated carbocycles. The van der Waals surface area contributed by atoms with E-state index in [1.54, 1.807) is 26.0 Å². The van der Waals surface area contributed by atoms with Gasteiger partial charge in [0, 0.05) is 4.88 Å². The molecular weight excluding hydrogens is 424 g/mol. The quantitative estimate of drug-likeness (QED) is 0.676. The third-order valence-corrected chi connectivity index (χ3v) is 5.17. The van der Waals surface area contributed by atoms with Crippen molar-refractivity contribution in [3.8, 4) is 6.07 Å². The fraction of sp³-hybridized carbons (Fsp3) is 0.353. The highest BCUT2D eigenvalue weighted by molar-refractivity contribution is 9.11. The Morgan fingerprint density at radius 1 is 1.35 bits per heavy atom. The molecule has 0 unspecified atom stereocenters. The molecule has 0 saturated heterocycles. The lowest BCUT2D eigenvalue weighted by molar-refractivity contribution is -0.143. The van der Waals surface area contributed by atoms with E-state index >= 15 is 0 Å². The summed E-state index contributed by atoms with van der Waals surface area (Å²) in [5.41, 5.74) is 6.07. The Bertz CT molecular complexity index is 821. The second-order valence-electron chi connectivity index (χ2n) is 5.11. The van der Waals surface area contributed by atoms with Crippen molar-refractivity contribution in [3.05, 3.63) is 43.6 Å².